The van der Waals surface area contributed by atoms with Gasteiger partial charge in [0.25, 0.3) is 0 Å². The number of nitrogens with zero attached hydrogens (tertiary/aromatic N) is 2. The molecular formula is C17H32N2O2. The summed E-state index contributed by atoms with van der Waals surface area (Å²) >= 11 is 0. The summed E-state index contributed by atoms with van der Waals surface area (Å²) in [4.78, 5) is 11.5. The van der Waals surface area contributed by atoms with E-state index in [0.717, 1.165) is 18.7 Å². The summed E-state index contributed by atoms with van der Waals surface area (Å²) in [5, 5.41) is 4.01. The molecule has 0 fully saturated rings. The van der Waals surface area contributed by atoms with Gasteiger partial charge in [-0.1, -0.05) is 76.8 Å². The van der Waals surface area contributed by atoms with Crippen LogP contribution in [0.1, 0.15) is 96.2 Å². The zero-order valence-electron chi connectivity index (χ0n) is 14.1. The topological polar surface area (TPSA) is 48.0 Å². The zero-order chi connectivity index (χ0) is 15.5. The minimum atomic E-state index is -0.338. The van der Waals surface area contributed by atoms with E-state index in [9.17, 15) is 4.79 Å². The monoisotopic (exact) mass is 296 g/mol. The first kappa shape index (κ1) is 18.0. The highest BCUT2D eigenvalue weighted by Crippen LogP contribution is 2.26. The fourth-order valence-electron chi connectivity index (χ4n) is 2.86. The van der Waals surface area contributed by atoms with E-state index in [-0.39, 0.29) is 5.76 Å². The molecule has 1 unspecified atom stereocenters. The summed E-state index contributed by atoms with van der Waals surface area (Å²) in [5.74, 6) is 0.876. The second-order valence-electron chi connectivity index (χ2n) is 6.11. The van der Waals surface area contributed by atoms with E-state index in [1.807, 2.05) is 0 Å². The third kappa shape index (κ3) is 6.49. The molecule has 1 heterocycles. The van der Waals surface area contributed by atoms with Crippen molar-refractivity contribution in [2.24, 2.45) is 7.05 Å². The number of hydrogen-bond acceptors (Lipinski definition) is 3. The quantitative estimate of drug-likeness (QED) is 0.521. The molecule has 0 bridgehead atoms. The maximum absolute atomic E-state index is 11.5. The molecule has 0 spiro atoms. The van der Waals surface area contributed by atoms with Gasteiger partial charge < -0.3 is 0 Å². The molecule has 122 valence electrons. The summed E-state index contributed by atoms with van der Waals surface area (Å²) in [6, 6.07) is 0. The normalized spacial score (nSPS) is 12.7. The van der Waals surface area contributed by atoms with Crippen LogP contribution in [0, 0.1) is 0 Å². The molecule has 0 radical (unpaired) electrons. The molecule has 0 saturated heterocycles. The van der Waals surface area contributed by atoms with Crippen molar-refractivity contribution >= 4 is 0 Å². The van der Waals surface area contributed by atoms with Gasteiger partial charge in [-0.3, -0.25) is 9.09 Å². The third-order valence-corrected chi connectivity index (χ3v) is 4.26. The number of aromatic nitrogens is 2. The predicted octanol–water partition coefficient (Wildman–Crippen LogP) is 4.79. The van der Waals surface area contributed by atoms with Crippen molar-refractivity contribution in [2.75, 3.05) is 0 Å². The Labute approximate surface area is 128 Å². The fraction of sp³-hybridized carbons (Fsp3) is 0.882. The highest BCUT2D eigenvalue weighted by atomic mass is 16.5. The van der Waals surface area contributed by atoms with Crippen molar-refractivity contribution < 1.29 is 4.52 Å². The Morgan fingerprint density at radius 3 is 1.95 bits per heavy atom. The fourth-order valence-corrected chi connectivity index (χ4v) is 2.86. The largest absolute Gasteiger partial charge is 0.441 e. The molecule has 1 atom stereocenters. The molecular weight excluding hydrogens is 264 g/mol. The summed E-state index contributed by atoms with van der Waals surface area (Å²) in [6.07, 6.45) is 13.7. The molecule has 0 aliphatic rings. The van der Waals surface area contributed by atoms with E-state index in [1.165, 1.54) is 57.8 Å². The molecule has 0 aromatic carbocycles. The minimum Gasteiger partial charge on any atom is -0.296 e. The van der Waals surface area contributed by atoms with Crippen LogP contribution in [0.4, 0.5) is 0 Å². The zero-order valence-corrected chi connectivity index (χ0v) is 14.1. The Hall–Kier alpha value is -1.06. The van der Waals surface area contributed by atoms with Crippen LogP contribution in [0.25, 0.3) is 0 Å². The molecule has 0 aliphatic heterocycles. The van der Waals surface area contributed by atoms with Gasteiger partial charge in [-0.15, -0.1) is 0 Å². The SMILES string of the molecule is CCCCCCCC(CCCCCC)c1noc(=O)n1C. The molecule has 0 aliphatic carbocycles. The van der Waals surface area contributed by atoms with Gasteiger partial charge in [0.15, 0.2) is 5.82 Å². The smallest absolute Gasteiger partial charge is 0.296 e. The van der Waals surface area contributed by atoms with Gasteiger partial charge in [0, 0.05) is 13.0 Å². The van der Waals surface area contributed by atoms with Crippen molar-refractivity contribution in [1.82, 2.24) is 9.72 Å². The van der Waals surface area contributed by atoms with Crippen LogP contribution in [0.15, 0.2) is 9.32 Å². The lowest BCUT2D eigenvalue weighted by atomic mass is 9.93. The summed E-state index contributed by atoms with van der Waals surface area (Å²) < 4.78 is 6.39. The van der Waals surface area contributed by atoms with Crippen molar-refractivity contribution in [3.05, 3.63) is 16.4 Å². The molecule has 1 aromatic rings. The van der Waals surface area contributed by atoms with Crippen LogP contribution in [0.5, 0.6) is 0 Å². The average Bonchev–Trinajstić information content (AvgIpc) is 2.81. The van der Waals surface area contributed by atoms with E-state index in [1.54, 1.807) is 11.6 Å². The molecule has 4 heteroatoms. The highest BCUT2D eigenvalue weighted by molar-refractivity contribution is 4.94. The maximum Gasteiger partial charge on any atom is 0.441 e. The van der Waals surface area contributed by atoms with Crippen LogP contribution in [0.3, 0.4) is 0 Å². The number of unbranched alkanes of at least 4 members (excludes halogenated alkanes) is 7. The Morgan fingerprint density at radius 1 is 0.952 bits per heavy atom. The van der Waals surface area contributed by atoms with E-state index in [4.69, 9.17) is 4.52 Å². The van der Waals surface area contributed by atoms with Gasteiger partial charge in [0.1, 0.15) is 0 Å². The summed E-state index contributed by atoms with van der Waals surface area (Å²) in [7, 11) is 1.77. The molecule has 1 aromatic heterocycles. The second-order valence-corrected chi connectivity index (χ2v) is 6.11. The summed E-state index contributed by atoms with van der Waals surface area (Å²) in [5.41, 5.74) is 0. The van der Waals surface area contributed by atoms with Crippen molar-refractivity contribution in [1.29, 1.82) is 0 Å². The Morgan fingerprint density at radius 2 is 1.48 bits per heavy atom. The Kier molecular flexibility index (Phi) is 9.11. The minimum absolute atomic E-state index is 0.338. The molecule has 0 amide bonds. The average molecular weight is 296 g/mol. The van der Waals surface area contributed by atoms with Crippen LogP contribution in [-0.2, 0) is 7.05 Å². The highest BCUT2D eigenvalue weighted by Gasteiger charge is 2.18. The first-order chi connectivity index (χ1) is 10.2. The van der Waals surface area contributed by atoms with Gasteiger partial charge in [-0.05, 0) is 12.8 Å². The van der Waals surface area contributed by atoms with Gasteiger partial charge >= 0.3 is 5.76 Å². The van der Waals surface area contributed by atoms with Crippen LogP contribution in [0.2, 0.25) is 0 Å². The molecule has 21 heavy (non-hydrogen) atoms. The maximum atomic E-state index is 11.5. The van der Waals surface area contributed by atoms with E-state index in [2.05, 4.69) is 19.0 Å². The van der Waals surface area contributed by atoms with Gasteiger partial charge in [0.2, 0.25) is 0 Å². The molecule has 4 nitrogen and oxygen atoms in total. The standard InChI is InChI=1S/C17H32N2O2/c1-4-6-8-10-12-14-15(13-11-9-7-5-2)16-18-21-17(20)19(16)3/h15H,4-14H2,1-3H3. The van der Waals surface area contributed by atoms with Crippen LogP contribution >= 0.6 is 0 Å². The first-order valence-corrected chi connectivity index (χ1v) is 8.73. The predicted molar refractivity (Wildman–Crippen MR) is 86.6 cm³/mol. The number of hydrogen-bond donors (Lipinski definition) is 0. The van der Waals surface area contributed by atoms with Crippen molar-refractivity contribution in [3.63, 3.8) is 0 Å². The third-order valence-electron chi connectivity index (χ3n) is 4.26. The molecule has 0 saturated carbocycles. The van der Waals surface area contributed by atoms with Crippen molar-refractivity contribution in [2.45, 2.75) is 90.4 Å². The number of rotatable bonds is 12. The Balaban J connectivity index is 2.49. The van der Waals surface area contributed by atoms with Crippen molar-refractivity contribution in [3.8, 4) is 0 Å². The van der Waals surface area contributed by atoms with Crippen LogP contribution in [-0.4, -0.2) is 9.72 Å². The van der Waals surface area contributed by atoms with Crippen LogP contribution < -0.4 is 5.76 Å². The lowest BCUT2D eigenvalue weighted by molar-refractivity contribution is 0.368. The first-order valence-electron chi connectivity index (χ1n) is 8.73. The van der Waals surface area contributed by atoms with Gasteiger partial charge in [0.05, 0.1) is 0 Å². The second kappa shape index (κ2) is 10.6. The van der Waals surface area contributed by atoms with E-state index < -0.39 is 0 Å². The van der Waals surface area contributed by atoms with Gasteiger partial charge in [-0.25, -0.2) is 4.79 Å². The Bertz CT molecular complexity index is 423. The van der Waals surface area contributed by atoms with E-state index in [0.29, 0.717) is 5.92 Å². The van der Waals surface area contributed by atoms with E-state index >= 15 is 0 Å². The summed E-state index contributed by atoms with van der Waals surface area (Å²) in [6.45, 7) is 4.47. The van der Waals surface area contributed by atoms with Gasteiger partial charge in [-0.2, -0.15) is 0 Å². The molecule has 1 rings (SSSR count). The lowest BCUT2D eigenvalue weighted by Crippen LogP contribution is -2.15. The molecule has 0 N–H and O–H groups in total. The lowest BCUT2D eigenvalue weighted by Gasteiger charge is -2.15.